The van der Waals surface area contributed by atoms with Crippen molar-refractivity contribution >= 4 is 0 Å². The van der Waals surface area contributed by atoms with E-state index in [1.54, 1.807) is 0 Å². The molecule has 0 atom stereocenters. The summed E-state index contributed by atoms with van der Waals surface area (Å²) >= 11 is 0. The normalized spacial score (nSPS) is 17.5. The van der Waals surface area contributed by atoms with Gasteiger partial charge in [-0.25, -0.2) is 0 Å². The molecule has 0 amide bonds. The average Bonchev–Trinajstić information content (AvgIpc) is 2.99. The molecule has 1 aliphatic rings. The lowest BCUT2D eigenvalue weighted by Gasteiger charge is -2.31. The maximum absolute atomic E-state index is 9.11. The third-order valence-electron chi connectivity index (χ3n) is 5.15. The van der Waals surface area contributed by atoms with Crippen LogP contribution in [0.4, 0.5) is 0 Å². The van der Waals surface area contributed by atoms with E-state index < -0.39 is 0 Å². The van der Waals surface area contributed by atoms with Crippen molar-refractivity contribution in [1.82, 2.24) is 15.1 Å². The Kier molecular flexibility index (Phi) is 6.04. The van der Waals surface area contributed by atoms with Crippen molar-refractivity contribution in [1.29, 1.82) is 0 Å². The van der Waals surface area contributed by atoms with Crippen LogP contribution in [0, 0.1) is 25.2 Å². The fraction of sp³-hybridized carbons (Fsp3) is 0.833. The van der Waals surface area contributed by atoms with Crippen molar-refractivity contribution in [3.05, 3.63) is 17.0 Å². The highest BCUT2D eigenvalue weighted by Crippen LogP contribution is 2.42. The Morgan fingerprint density at radius 3 is 2.55 bits per heavy atom. The SMILES string of the molecule is Cc1nn(CCO)c(C)c1CNCC1(CC(C)C)CCCC1. The molecule has 1 heterocycles. The topological polar surface area (TPSA) is 50.1 Å². The number of nitrogens with one attached hydrogen (secondary N) is 1. The van der Waals surface area contributed by atoms with Crippen LogP contribution in [-0.2, 0) is 13.1 Å². The molecular weight excluding hydrogens is 274 g/mol. The average molecular weight is 307 g/mol. The number of aromatic nitrogens is 2. The monoisotopic (exact) mass is 307 g/mol. The molecule has 0 saturated heterocycles. The van der Waals surface area contributed by atoms with E-state index in [-0.39, 0.29) is 6.61 Å². The smallest absolute Gasteiger partial charge is 0.0644 e. The molecule has 0 unspecified atom stereocenters. The van der Waals surface area contributed by atoms with Crippen LogP contribution in [0.15, 0.2) is 0 Å². The fourth-order valence-corrected chi connectivity index (χ4v) is 4.20. The van der Waals surface area contributed by atoms with Gasteiger partial charge in [-0.05, 0) is 44.4 Å². The van der Waals surface area contributed by atoms with Gasteiger partial charge in [-0.15, -0.1) is 0 Å². The van der Waals surface area contributed by atoms with Crippen molar-refractivity contribution in [3.8, 4) is 0 Å². The maximum Gasteiger partial charge on any atom is 0.0644 e. The van der Waals surface area contributed by atoms with E-state index in [0.29, 0.717) is 12.0 Å². The van der Waals surface area contributed by atoms with Gasteiger partial charge in [-0.3, -0.25) is 4.68 Å². The van der Waals surface area contributed by atoms with Crippen LogP contribution in [0.3, 0.4) is 0 Å². The van der Waals surface area contributed by atoms with Crippen molar-refractivity contribution in [2.24, 2.45) is 11.3 Å². The standard InChI is InChI=1S/C18H33N3O/c1-14(2)11-18(7-5-6-8-18)13-19-12-17-15(3)20-21(9-10-22)16(17)4/h14,19,22H,5-13H2,1-4H3. The highest BCUT2D eigenvalue weighted by Gasteiger charge is 2.33. The molecule has 22 heavy (non-hydrogen) atoms. The van der Waals surface area contributed by atoms with Crippen molar-refractivity contribution < 1.29 is 5.11 Å². The first-order valence-corrected chi connectivity index (χ1v) is 8.82. The molecule has 0 bridgehead atoms. The van der Waals surface area contributed by atoms with Crippen LogP contribution in [0.25, 0.3) is 0 Å². The van der Waals surface area contributed by atoms with E-state index in [9.17, 15) is 0 Å². The highest BCUT2D eigenvalue weighted by atomic mass is 16.3. The highest BCUT2D eigenvalue weighted by molar-refractivity contribution is 5.24. The fourth-order valence-electron chi connectivity index (χ4n) is 4.20. The van der Waals surface area contributed by atoms with Gasteiger partial charge in [0.15, 0.2) is 0 Å². The summed E-state index contributed by atoms with van der Waals surface area (Å²) in [5, 5.41) is 17.3. The molecule has 0 radical (unpaired) electrons. The molecule has 4 nitrogen and oxygen atoms in total. The second-order valence-electron chi connectivity index (χ2n) is 7.50. The lowest BCUT2D eigenvalue weighted by Crippen LogP contribution is -2.33. The van der Waals surface area contributed by atoms with Crippen LogP contribution in [0.5, 0.6) is 0 Å². The van der Waals surface area contributed by atoms with Gasteiger partial charge in [0, 0.05) is 24.3 Å². The number of aliphatic hydroxyl groups excluding tert-OH is 1. The summed E-state index contributed by atoms with van der Waals surface area (Å²) < 4.78 is 1.92. The summed E-state index contributed by atoms with van der Waals surface area (Å²) in [7, 11) is 0. The Balaban J connectivity index is 1.95. The molecule has 1 aromatic heterocycles. The molecule has 4 heteroatoms. The first-order valence-electron chi connectivity index (χ1n) is 8.82. The van der Waals surface area contributed by atoms with Gasteiger partial charge in [0.25, 0.3) is 0 Å². The summed E-state index contributed by atoms with van der Waals surface area (Å²) in [6.45, 7) is 11.6. The predicted molar refractivity (Wildman–Crippen MR) is 90.8 cm³/mol. The molecular formula is C18H33N3O. The summed E-state index contributed by atoms with van der Waals surface area (Å²) in [6.07, 6.45) is 6.86. The van der Waals surface area contributed by atoms with E-state index in [0.717, 1.165) is 24.7 Å². The lowest BCUT2D eigenvalue weighted by atomic mass is 9.78. The first kappa shape index (κ1) is 17.5. The van der Waals surface area contributed by atoms with Crippen LogP contribution >= 0.6 is 0 Å². The molecule has 2 rings (SSSR count). The predicted octanol–water partition coefficient (Wildman–Crippen LogP) is 3.19. The Bertz CT molecular complexity index is 473. The lowest BCUT2D eigenvalue weighted by molar-refractivity contribution is 0.223. The minimum atomic E-state index is 0.145. The van der Waals surface area contributed by atoms with Crippen molar-refractivity contribution in [3.63, 3.8) is 0 Å². The van der Waals surface area contributed by atoms with Gasteiger partial charge < -0.3 is 10.4 Å². The zero-order valence-electron chi connectivity index (χ0n) is 14.8. The summed E-state index contributed by atoms with van der Waals surface area (Å²) in [5.74, 6) is 0.774. The van der Waals surface area contributed by atoms with Gasteiger partial charge in [0.05, 0.1) is 18.8 Å². The molecule has 1 aliphatic carbocycles. The Morgan fingerprint density at radius 1 is 1.27 bits per heavy atom. The Morgan fingerprint density at radius 2 is 1.95 bits per heavy atom. The number of aliphatic hydroxyl groups is 1. The number of hydrogen-bond donors (Lipinski definition) is 2. The third kappa shape index (κ3) is 4.11. The van der Waals surface area contributed by atoms with E-state index >= 15 is 0 Å². The Hall–Kier alpha value is -0.870. The molecule has 1 aromatic rings. The summed E-state index contributed by atoms with van der Waals surface area (Å²) in [4.78, 5) is 0. The second kappa shape index (κ2) is 7.60. The minimum absolute atomic E-state index is 0.145. The van der Waals surface area contributed by atoms with Crippen LogP contribution in [0.1, 0.15) is 62.9 Å². The van der Waals surface area contributed by atoms with Crippen LogP contribution in [-0.4, -0.2) is 28.0 Å². The van der Waals surface area contributed by atoms with Gasteiger partial charge in [0.2, 0.25) is 0 Å². The van der Waals surface area contributed by atoms with E-state index in [1.165, 1.54) is 43.4 Å². The summed E-state index contributed by atoms with van der Waals surface area (Å²) in [6, 6.07) is 0. The number of nitrogens with zero attached hydrogens (tertiary/aromatic N) is 2. The zero-order chi connectivity index (χ0) is 16.2. The van der Waals surface area contributed by atoms with Crippen LogP contribution < -0.4 is 5.32 Å². The van der Waals surface area contributed by atoms with E-state index in [2.05, 4.69) is 38.1 Å². The molecule has 0 spiro atoms. The number of hydrogen-bond acceptors (Lipinski definition) is 3. The first-order chi connectivity index (χ1) is 10.5. The van der Waals surface area contributed by atoms with Gasteiger partial charge in [-0.1, -0.05) is 26.7 Å². The largest absolute Gasteiger partial charge is 0.394 e. The minimum Gasteiger partial charge on any atom is -0.394 e. The number of aryl methyl sites for hydroxylation is 1. The maximum atomic E-state index is 9.11. The third-order valence-corrected chi connectivity index (χ3v) is 5.15. The second-order valence-corrected chi connectivity index (χ2v) is 7.50. The molecule has 126 valence electrons. The molecule has 0 aromatic carbocycles. The van der Waals surface area contributed by atoms with Gasteiger partial charge >= 0.3 is 0 Å². The van der Waals surface area contributed by atoms with Gasteiger partial charge in [0.1, 0.15) is 0 Å². The van der Waals surface area contributed by atoms with Gasteiger partial charge in [-0.2, -0.15) is 5.10 Å². The Labute approximate surface area is 135 Å². The molecule has 2 N–H and O–H groups in total. The number of rotatable bonds is 8. The van der Waals surface area contributed by atoms with Crippen molar-refractivity contribution in [2.75, 3.05) is 13.2 Å². The summed E-state index contributed by atoms with van der Waals surface area (Å²) in [5.41, 5.74) is 4.08. The van der Waals surface area contributed by atoms with Crippen molar-refractivity contribution in [2.45, 2.75) is 72.9 Å². The van der Waals surface area contributed by atoms with E-state index in [1.807, 2.05) is 4.68 Å². The van der Waals surface area contributed by atoms with Crippen LogP contribution in [0.2, 0.25) is 0 Å². The molecule has 1 fully saturated rings. The zero-order valence-corrected chi connectivity index (χ0v) is 14.8. The molecule has 1 saturated carbocycles. The quantitative estimate of drug-likeness (QED) is 0.775. The van der Waals surface area contributed by atoms with E-state index in [4.69, 9.17) is 5.11 Å². The molecule has 0 aliphatic heterocycles.